The summed E-state index contributed by atoms with van der Waals surface area (Å²) < 4.78 is 14.8. The van der Waals surface area contributed by atoms with Gasteiger partial charge in [-0.25, -0.2) is 9.59 Å². The van der Waals surface area contributed by atoms with Crippen molar-refractivity contribution >= 4 is 17.9 Å². The van der Waals surface area contributed by atoms with Gasteiger partial charge in [0, 0.05) is 12.5 Å². The second-order valence-electron chi connectivity index (χ2n) is 4.33. The summed E-state index contributed by atoms with van der Waals surface area (Å²) in [5, 5.41) is 0. The maximum atomic E-state index is 11.4. The molecule has 0 spiro atoms. The molecule has 3 atom stereocenters. The van der Waals surface area contributed by atoms with Gasteiger partial charge in [-0.1, -0.05) is 6.58 Å². The summed E-state index contributed by atoms with van der Waals surface area (Å²) in [7, 11) is 0. The van der Waals surface area contributed by atoms with E-state index in [-0.39, 0.29) is 18.0 Å². The molecule has 0 radical (unpaired) electrons. The quantitative estimate of drug-likeness (QED) is 0.409. The third-order valence-electron chi connectivity index (χ3n) is 3.11. The van der Waals surface area contributed by atoms with E-state index in [1.807, 2.05) is 0 Å². The minimum absolute atomic E-state index is 0.0523. The van der Waals surface area contributed by atoms with E-state index in [9.17, 15) is 14.4 Å². The van der Waals surface area contributed by atoms with Gasteiger partial charge in [0.15, 0.2) is 6.61 Å². The second-order valence-corrected chi connectivity index (χ2v) is 4.33. The van der Waals surface area contributed by atoms with Crippen LogP contribution >= 0.6 is 0 Å². The van der Waals surface area contributed by atoms with Gasteiger partial charge in [-0.2, -0.15) is 0 Å². The molecule has 2 bridgehead atoms. The molecule has 18 heavy (non-hydrogen) atoms. The van der Waals surface area contributed by atoms with Crippen LogP contribution in [0.25, 0.3) is 0 Å². The van der Waals surface area contributed by atoms with E-state index in [1.54, 1.807) is 0 Å². The van der Waals surface area contributed by atoms with E-state index in [1.165, 1.54) is 0 Å². The number of ether oxygens (including phenoxy) is 3. The van der Waals surface area contributed by atoms with Crippen LogP contribution in [0, 0.1) is 5.92 Å². The molecule has 0 aromatic heterocycles. The van der Waals surface area contributed by atoms with E-state index in [0.717, 1.165) is 6.08 Å². The van der Waals surface area contributed by atoms with Crippen molar-refractivity contribution in [1.29, 1.82) is 0 Å². The number of carbonyl (C=O) groups is 3. The van der Waals surface area contributed by atoms with Crippen LogP contribution < -0.4 is 0 Å². The minimum atomic E-state index is -0.678. The molecule has 0 amide bonds. The first kappa shape index (κ1) is 12.6. The van der Waals surface area contributed by atoms with E-state index in [2.05, 4.69) is 11.3 Å². The highest BCUT2D eigenvalue weighted by molar-refractivity contribution is 5.83. The molecular weight excluding hydrogens is 240 g/mol. The number of hydrogen-bond donors (Lipinski definition) is 0. The van der Waals surface area contributed by atoms with Crippen molar-refractivity contribution in [2.24, 2.45) is 5.92 Å². The van der Waals surface area contributed by atoms with Gasteiger partial charge in [0.25, 0.3) is 0 Å². The van der Waals surface area contributed by atoms with Crippen molar-refractivity contribution in [3.63, 3.8) is 0 Å². The molecule has 0 aromatic rings. The van der Waals surface area contributed by atoms with Crippen LogP contribution in [0.3, 0.4) is 0 Å². The van der Waals surface area contributed by atoms with Gasteiger partial charge in [0.2, 0.25) is 0 Å². The number of fused-ring (bicyclic) bond motifs is 2. The lowest BCUT2D eigenvalue weighted by Gasteiger charge is -2.25. The molecule has 0 aromatic carbocycles. The second kappa shape index (κ2) is 5.20. The van der Waals surface area contributed by atoms with Crippen LogP contribution in [-0.2, 0) is 28.6 Å². The summed E-state index contributed by atoms with van der Waals surface area (Å²) in [6, 6.07) is 0. The van der Waals surface area contributed by atoms with Gasteiger partial charge >= 0.3 is 17.9 Å². The van der Waals surface area contributed by atoms with Crippen molar-refractivity contribution < 1.29 is 28.6 Å². The highest BCUT2D eigenvalue weighted by Crippen LogP contribution is 2.35. The molecular formula is C12H14O6. The Kier molecular flexibility index (Phi) is 3.64. The van der Waals surface area contributed by atoms with Crippen LogP contribution in [0.2, 0.25) is 0 Å². The minimum Gasteiger partial charge on any atom is -0.458 e. The summed E-state index contributed by atoms with van der Waals surface area (Å²) >= 11 is 0. The Hall–Kier alpha value is -1.85. The largest absolute Gasteiger partial charge is 0.458 e. The maximum Gasteiger partial charge on any atom is 0.344 e. The van der Waals surface area contributed by atoms with E-state index < -0.39 is 24.6 Å². The number of hydrogen-bond acceptors (Lipinski definition) is 6. The Balaban J connectivity index is 1.79. The van der Waals surface area contributed by atoms with Gasteiger partial charge in [0.05, 0.1) is 5.92 Å². The fraction of sp³-hybridized carbons (Fsp3) is 0.583. The Morgan fingerprint density at radius 3 is 2.94 bits per heavy atom. The third-order valence-corrected chi connectivity index (χ3v) is 3.11. The number of carbonyl (C=O) groups excluding carboxylic acids is 3. The van der Waals surface area contributed by atoms with Gasteiger partial charge in [-0.15, -0.1) is 0 Å². The zero-order valence-electron chi connectivity index (χ0n) is 9.79. The summed E-state index contributed by atoms with van der Waals surface area (Å²) in [6.07, 6.45) is 2.06. The van der Waals surface area contributed by atoms with Crippen molar-refractivity contribution in [1.82, 2.24) is 0 Å². The first-order valence-corrected chi connectivity index (χ1v) is 5.79. The molecule has 1 aliphatic carbocycles. The van der Waals surface area contributed by atoms with Crippen LogP contribution in [0.5, 0.6) is 0 Å². The van der Waals surface area contributed by atoms with Gasteiger partial charge in [-0.05, 0) is 12.8 Å². The summed E-state index contributed by atoms with van der Waals surface area (Å²) in [4.78, 5) is 33.5. The molecule has 1 saturated carbocycles. The fourth-order valence-corrected chi connectivity index (χ4v) is 2.21. The van der Waals surface area contributed by atoms with E-state index in [4.69, 9.17) is 9.47 Å². The Morgan fingerprint density at radius 2 is 2.22 bits per heavy atom. The average Bonchev–Trinajstić information content (AvgIpc) is 2.66. The van der Waals surface area contributed by atoms with E-state index >= 15 is 0 Å². The number of esters is 3. The zero-order chi connectivity index (χ0) is 13.1. The van der Waals surface area contributed by atoms with Crippen molar-refractivity contribution in [3.8, 4) is 0 Å². The zero-order valence-corrected chi connectivity index (χ0v) is 9.79. The molecule has 0 N–H and O–H groups in total. The highest BCUT2D eigenvalue weighted by atomic mass is 16.6. The molecule has 98 valence electrons. The molecule has 1 aliphatic heterocycles. The van der Waals surface area contributed by atoms with E-state index in [0.29, 0.717) is 19.3 Å². The van der Waals surface area contributed by atoms with Gasteiger partial charge in [0.1, 0.15) is 12.2 Å². The van der Waals surface area contributed by atoms with Gasteiger partial charge in [-0.3, -0.25) is 4.79 Å². The first-order chi connectivity index (χ1) is 8.60. The summed E-state index contributed by atoms with van der Waals surface area (Å²) in [5.74, 6) is -1.58. The fourth-order valence-electron chi connectivity index (χ4n) is 2.21. The normalized spacial score (nSPS) is 29.3. The monoisotopic (exact) mass is 254 g/mol. The lowest BCUT2D eigenvalue weighted by Crippen LogP contribution is -2.34. The molecule has 1 heterocycles. The van der Waals surface area contributed by atoms with Gasteiger partial charge < -0.3 is 14.2 Å². The lowest BCUT2D eigenvalue weighted by atomic mass is 9.88. The third kappa shape index (κ3) is 2.69. The summed E-state index contributed by atoms with van der Waals surface area (Å²) in [6.45, 7) is 2.76. The number of rotatable bonds is 4. The van der Waals surface area contributed by atoms with Crippen LogP contribution in [-0.4, -0.2) is 36.7 Å². The molecule has 3 unspecified atom stereocenters. The smallest absolute Gasteiger partial charge is 0.344 e. The predicted octanol–water partition coefficient (Wildman–Crippen LogP) is 0.353. The Labute approximate surface area is 104 Å². The first-order valence-electron chi connectivity index (χ1n) is 5.79. The molecule has 6 nitrogen and oxygen atoms in total. The van der Waals surface area contributed by atoms with Crippen molar-refractivity contribution in [2.75, 3.05) is 6.61 Å². The van der Waals surface area contributed by atoms with Crippen LogP contribution in [0.15, 0.2) is 12.7 Å². The van der Waals surface area contributed by atoms with Crippen molar-refractivity contribution in [3.05, 3.63) is 12.7 Å². The predicted molar refractivity (Wildman–Crippen MR) is 58.3 cm³/mol. The molecule has 2 rings (SSSR count). The standard InChI is InChI=1S/C12H14O6/c1-2-10(13)16-6-11(14)17-8-4-3-7-5-9(8)18-12(7)15/h2,7-9H,1,3-6H2. The SMILES string of the molecule is C=CC(=O)OCC(=O)OC1CCC2CC1OC2=O. The Bertz CT molecular complexity index is 388. The Morgan fingerprint density at radius 1 is 1.44 bits per heavy atom. The average molecular weight is 254 g/mol. The molecule has 6 heteroatoms. The summed E-state index contributed by atoms with van der Waals surface area (Å²) in [5.41, 5.74) is 0. The lowest BCUT2D eigenvalue weighted by molar-refractivity contribution is -0.167. The van der Waals surface area contributed by atoms with Crippen molar-refractivity contribution in [2.45, 2.75) is 31.5 Å². The maximum absolute atomic E-state index is 11.4. The topological polar surface area (TPSA) is 78.9 Å². The van der Waals surface area contributed by atoms with Crippen LogP contribution in [0.1, 0.15) is 19.3 Å². The van der Waals surface area contributed by atoms with Crippen LogP contribution in [0.4, 0.5) is 0 Å². The molecule has 2 aliphatic rings. The molecule has 1 saturated heterocycles. The molecule has 2 fully saturated rings. The highest BCUT2D eigenvalue weighted by Gasteiger charge is 2.44.